The van der Waals surface area contributed by atoms with E-state index in [2.05, 4.69) is 22.2 Å². The van der Waals surface area contributed by atoms with E-state index in [1.807, 2.05) is 48.1 Å². The minimum Gasteiger partial charge on any atom is -0.491 e. The molecule has 1 unspecified atom stereocenters. The van der Waals surface area contributed by atoms with Crippen molar-refractivity contribution in [2.45, 2.75) is 25.0 Å². The molecule has 2 N–H and O–H groups in total. The third-order valence-electron chi connectivity index (χ3n) is 5.75. The van der Waals surface area contributed by atoms with Crippen LogP contribution >= 0.6 is 0 Å². The highest BCUT2D eigenvalue weighted by Crippen LogP contribution is 2.29. The molecule has 2 aromatic heterocycles. The molecule has 1 fully saturated rings. The van der Waals surface area contributed by atoms with E-state index in [4.69, 9.17) is 19.4 Å². The fraction of sp³-hybridized carbons (Fsp3) is 0.458. The second-order valence-corrected chi connectivity index (χ2v) is 8.36. The van der Waals surface area contributed by atoms with Crippen molar-refractivity contribution >= 4 is 5.82 Å². The molecule has 9 heteroatoms. The van der Waals surface area contributed by atoms with Crippen molar-refractivity contribution in [1.29, 1.82) is 0 Å². The lowest BCUT2D eigenvalue weighted by Crippen LogP contribution is -2.37. The molecule has 9 nitrogen and oxygen atoms in total. The second-order valence-electron chi connectivity index (χ2n) is 8.36. The third-order valence-corrected chi connectivity index (χ3v) is 5.75. The van der Waals surface area contributed by atoms with Crippen LogP contribution in [-0.2, 0) is 11.8 Å². The topological polar surface area (TPSA) is 97.6 Å². The summed E-state index contributed by atoms with van der Waals surface area (Å²) in [6, 6.07) is 10.0. The number of hydrogen-bond donors (Lipinski definition) is 2. The molecule has 3 heterocycles. The highest BCUT2D eigenvalue weighted by molar-refractivity contribution is 5.66. The molecular formula is C24H32N6O3. The van der Waals surface area contributed by atoms with Gasteiger partial charge in [0.15, 0.2) is 5.82 Å². The van der Waals surface area contributed by atoms with Crippen LogP contribution in [0.15, 0.2) is 42.9 Å². The number of anilines is 1. The first kappa shape index (κ1) is 23.2. The molecule has 0 aliphatic carbocycles. The van der Waals surface area contributed by atoms with E-state index in [9.17, 15) is 5.11 Å². The monoisotopic (exact) mass is 452 g/mol. The maximum absolute atomic E-state index is 9.95. The summed E-state index contributed by atoms with van der Waals surface area (Å²) >= 11 is 0. The lowest BCUT2D eigenvalue weighted by molar-refractivity contribution is 0.0853. The Morgan fingerprint density at radius 2 is 2.06 bits per heavy atom. The van der Waals surface area contributed by atoms with Gasteiger partial charge in [-0.25, -0.2) is 15.0 Å². The molecule has 0 radical (unpaired) electrons. The Balaban J connectivity index is 1.66. The molecule has 0 amide bonds. The van der Waals surface area contributed by atoms with Gasteiger partial charge in [0.2, 0.25) is 0 Å². The molecule has 176 valence electrons. The fourth-order valence-corrected chi connectivity index (χ4v) is 3.89. The molecular weight excluding hydrogens is 420 g/mol. The zero-order chi connectivity index (χ0) is 23.2. The SMILES string of the molecule is CNCC(O)COc1cccc(-c2nc(-c3cn(C)cn3)cc(N(C)C3CCOCC3)n2)c1. The summed E-state index contributed by atoms with van der Waals surface area (Å²) in [4.78, 5) is 16.4. The highest BCUT2D eigenvalue weighted by Gasteiger charge is 2.22. The summed E-state index contributed by atoms with van der Waals surface area (Å²) < 4.78 is 13.2. The van der Waals surface area contributed by atoms with E-state index in [1.165, 1.54) is 0 Å². The molecule has 0 spiro atoms. The Bertz CT molecular complexity index is 1050. The normalized spacial score (nSPS) is 15.4. The standard InChI is InChI=1S/C24H32N6O3/c1-25-13-19(31)15-33-20-6-4-5-17(11-20)24-27-21(22-14-29(2)16-26-22)12-23(28-24)30(3)18-7-9-32-10-8-18/h4-6,11-12,14,16,18-19,25,31H,7-10,13,15H2,1-3H3. The van der Waals surface area contributed by atoms with Gasteiger partial charge in [-0.15, -0.1) is 0 Å². The van der Waals surface area contributed by atoms with Gasteiger partial charge in [-0.2, -0.15) is 0 Å². The zero-order valence-electron chi connectivity index (χ0n) is 19.4. The van der Waals surface area contributed by atoms with Crippen molar-refractivity contribution in [2.24, 2.45) is 7.05 Å². The number of nitrogens with one attached hydrogen (secondary N) is 1. The van der Waals surface area contributed by atoms with Gasteiger partial charge in [-0.1, -0.05) is 12.1 Å². The molecule has 33 heavy (non-hydrogen) atoms. The molecule has 0 bridgehead atoms. The number of aliphatic hydroxyl groups excluding tert-OH is 1. The number of aliphatic hydroxyl groups is 1. The minimum atomic E-state index is -0.581. The average Bonchev–Trinajstić information content (AvgIpc) is 3.29. The van der Waals surface area contributed by atoms with Crippen molar-refractivity contribution < 1.29 is 14.6 Å². The smallest absolute Gasteiger partial charge is 0.162 e. The van der Waals surface area contributed by atoms with E-state index in [1.54, 1.807) is 13.4 Å². The van der Waals surface area contributed by atoms with Crippen LogP contribution in [0.5, 0.6) is 5.75 Å². The van der Waals surface area contributed by atoms with Crippen molar-refractivity contribution in [3.05, 3.63) is 42.9 Å². The summed E-state index contributed by atoms with van der Waals surface area (Å²) in [7, 11) is 5.81. The zero-order valence-corrected chi connectivity index (χ0v) is 19.4. The van der Waals surface area contributed by atoms with E-state index >= 15 is 0 Å². The van der Waals surface area contributed by atoms with E-state index in [0.717, 1.165) is 48.8 Å². The molecule has 1 aliphatic heterocycles. The fourth-order valence-electron chi connectivity index (χ4n) is 3.89. The Labute approximate surface area is 194 Å². The van der Waals surface area contributed by atoms with Gasteiger partial charge >= 0.3 is 0 Å². The van der Waals surface area contributed by atoms with Crippen LogP contribution in [0.2, 0.25) is 0 Å². The van der Waals surface area contributed by atoms with Gasteiger partial charge in [-0.3, -0.25) is 0 Å². The summed E-state index contributed by atoms with van der Waals surface area (Å²) in [6.07, 6.45) is 5.07. The Morgan fingerprint density at radius 3 is 2.79 bits per heavy atom. The first-order chi connectivity index (χ1) is 16.0. The van der Waals surface area contributed by atoms with Crippen LogP contribution in [0.3, 0.4) is 0 Å². The lowest BCUT2D eigenvalue weighted by Gasteiger charge is -2.32. The third kappa shape index (κ3) is 5.87. The van der Waals surface area contributed by atoms with Gasteiger partial charge in [-0.05, 0) is 32.0 Å². The maximum atomic E-state index is 9.95. The number of benzene rings is 1. The summed E-state index contributed by atoms with van der Waals surface area (Å²) in [5.74, 6) is 2.12. The quantitative estimate of drug-likeness (QED) is 0.510. The van der Waals surface area contributed by atoms with Crippen LogP contribution in [0, 0.1) is 0 Å². The predicted molar refractivity (Wildman–Crippen MR) is 127 cm³/mol. The minimum absolute atomic E-state index is 0.205. The molecule has 1 saturated heterocycles. The van der Waals surface area contributed by atoms with Gasteiger partial charge in [0.1, 0.15) is 30.0 Å². The molecule has 1 aromatic carbocycles. The van der Waals surface area contributed by atoms with Gasteiger partial charge in [0, 0.05) is 57.7 Å². The second kappa shape index (κ2) is 10.7. The number of aryl methyl sites for hydroxylation is 1. The van der Waals surface area contributed by atoms with Gasteiger partial charge in [0.05, 0.1) is 12.0 Å². The lowest BCUT2D eigenvalue weighted by atomic mass is 10.1. The molecule has 4 rings (SSSR count). The average molecular weight is 453 g/mol. The first-order valence-electron chi connectivity index (χ1n) is 11.3. The molecule has 3 aromatic rings. The van der Waals surface area contributed by atoms with E-state index in [0.29, 0.717) is 24.2 Å². The largest absolute Gasteiger partial charge is 0.491 e. The Hall–Kier alpha value is -3.01. The van der Waals surface area contributed by atoms with Crippen LogP contribution in [-0.4, -0.2) is 77.2 Å². The first-order valence-corrected chi connectivity index (χ1v) is 11.3. The van der Waals surface area contributed by atoms with E-state index in [-0.39, 0.29) is 6.61 Å². The summed E-state index contributed by atoms with van der Waals surface area (Å²) in [5, 5.41) is 12.9. The van der Waals surface area contributed by atoms with Crippen LogP contribution < -0.4 is 15.0 Å². The maximum Gasteiger partial charge on any atom is 0.162 e. The summed E-state index contributed by atoms with van der Waals surface area (Å²) in [5.41, 5.74) is 2.41. The summed E-state index contributed by atoms with van der Waals surface area (Å²) in [6.45, 7) is 2.20. The molecule has 0 saturated carbocycles. The van der Waals surface area contributed by atoms with Crippen molar-refractivity contribution in [1.82, 2.24) is 24.8 Å². The van der Waals surface area contributed by atoms with Gasteiger partial charge < -0.3 is 29.4 Å². The van der Waals surface area contributed by atoms with E-state index < -0.39 is 6.10 Å². The number of ether oxygens (including phenoxy) is 2. The number of imidazole rings is 1. The van der Waals surface area contributed by atoms with Gasteiger partial charge in [0.25, 0.3) is 0 Å². The number of hydrogen-bond acceptors (Lipinski definition) is 8. The number of likely N-dealkylation sites (N-methyl/N-ethyl adjacent to an activating group) is 1. The van der Waals surface area contributed by atoms with Crippen LogP contribution in [0.25, 0.3) is 22.8 Å². The Kier molecular flexibility index (Phi) is 7.54. The van der Waals surface area contributed by atoms with Crippen molar-refractivity contribution in [2.75, 3.05) is 45.4 Å². The van der Waals surface area contributed by atoms with Crippen LogP contribution in [0.4, 0.5) is 5.82 Å². The number of rotatable bonds is 9. The molecule has 1 aliphatic rings. The Morgan fingerprint density at radius 1 is 1.24 bits per heavy atom. The number of nitrogens with zero attached hydrogens (tertiary/aromatic N) is 5. The number of aromatic nitrogens is 4. The molecule has 1 atom stereocenters. The predicted octanol–water partition coefficient (Wildman–Crippen LogP) is 2.12. The van der Waals surface area contributed by atoms with Crippen molar-refractivity contribution in [3.8, 4) is 28.5 Å². The highest BCUT2D eigenvalue weighted by atomic mass is 16.5. The van der Waals surface area contributed by atoms with Crippen molar-refractivity contribution in [3.63, 3.8) is 0 Å². The van der Waals surface area contributed by atoms with Crippen LogP contribution in [0.1, 0.15) is 12.8 Å².